The molecule has 2 heterocycles. The molecule has 0 bridgehead atoms. The fourth-order valence-corrected chi connectivity index (χ4v) is 3.68. The number of rotatable bonds is 5. The first-order chi connectivity index (χ1) is 11.6. The van der Waals surface area contributed by atoms with Crippen LogP contribution in [0.5, 0.6) is 0 Å². The molecule has 1 aromatic heterocycles. The number of halogens is 1. The summed E-state index contributed by atoms with van der Waals surface area (Å²) in [5, 5.41) is 0.408. The van der Waals surface area contributed by atoms with Crippen LogP contribution in [0.1, 0.15) is 25.5 Å². The van der Waals surface area contributed by atoms with E-state index in [2.05, 4.69) is 16.8 Å². The SMILES string of the molecule is COCC(C)C1CCN(Cc2cc(=O)c3cc(F)ccc3[nH]2)CC1. The molecule has 0 saturated carbocycles. The lowest BCUT2D eigenvalue weighted by molar-refractivity contribution is 0.0876. The summed E-state index contributed by atoms with van der Waals surface area (Å²) in [6.07, 6.45) is 2.32. The quantitative estimate of drug-likeness (QED) is 0.915. The molecule has 0 radical (unpaired) electrons. The van der Waals surface area contributed by atoms with E-state index in [0.29, 0.717) is 22.7 Å². The molecule has 1 atom stereocenters. The van der Waals surface area contributed by atoms with Crippen molar-refractivity contribution in [2.75, 3.05) is 26.8 Å². The summed E-state index contributed by atoms with van der Waals surface area (Å²) in [4.78, 5) is 17.8. The summed E-state index contributed by atoms with van der Waals surface area (Å²) in [5.74, 6) is 0.917. The lowest BCUT2D eigenvalue weighted by Crippen LogP contribution is -2.36. The number of pyridine rings is 1. The average Bonchev–Trinajstić information content (AvgIpc) is 2.56. The van der Waals surface area contributed by atoms with Gasteiger partial charge in [-0.25, -0.2) is 4.39 Å². The van der Waals surface area contributed by atoms with Crippen molar-refractivity contribution in [1.82, 2.24) is 9.88 Å². The van der Waals surface area contributed by atoms with E-state index >= 15 is 0 Å². The van der Waals surface area contributed by atoms with E-state index in [1.54, 1.807) is 19.2 Å². The van der Waals surface area contributed by atoms with Crippen molar-refractivity contribution in [3.05, 3.63) is 46.0 Å². The number of nitrogens with one attached hydrogen (secondary N) is 1. The zero-order valence-corrected chi connectivity index (χ0v) is 14.3. The molecular weight excluding hydrogens is 307 g/mol. The molecule has 5 heteroatoms. The molecular formula is C19H25FN2O2. The number of piperidine rings is 1. The van der Waals surface area contributed by atoms with Crippen molar-refractivity contribution in [3.63, 3.8) is 0 Å². The summed E-state index contributed by atoms with van der Waals surface area (Å²) >= 11 is 0. The van der Waals surface area contributed by atoms with Crippen LogP contribution in [0.4, 0.5) is 4.39 Å². The third-order valence-electron chi connectivity index (χ3n) is 5.11. The average molecular weight is 332 g/mol. The van der Waals surface area contributed by atoms with Gasteiger partial charge in [0.15, 0.2) is 5.43 Å². The zero-order valence-electron chi connectivity index (χ0n) is 14.3. The van der Waals surface area contributed by atoms with Crippen molar-refractivity contribution in [1.29, 1.82) is 0 Å². The third-order valence-corrected chi connectivity index (χ3v) is 5.11. The molecule has 1 aromatic carbocycles. The molecule has 1 aliphatic rings. The van der Waals surface area contributed by atoms with Crippen molar-refractivity contribution < 1.29 is 9.13 Å². The summed E-state index contributed by atoms with van der Waals surface area (Å²) in [6, 6.07) is 5.90. The van der Waals surface area contributed by atoms with Crippen molar-refractivity contribution in [2.45, 2.75) is 26.3 Å². The largest absolute Gasteiger partial charge is 0.384 e. The highest BCUT2D eigenvalue weighted by Gasteiger charge is 2.24. The Morgan fingerprint density at radius 1 is 1.33 bits per heavy atom. The Morgan fingerprint density at radius 3 is 2.79 bits per heavy atom. The lowest BCUT2D eigenvalue weighted by Gasteiger charge is -2.34. The molecule has 2 aromatic rings. The van der Waals surface area contributed by atoms with Crippen LogP contribution in [0.2, 0.25) is 0 Å². The van der Waals surface area contributed by atoms with E-state index in [9.17, 15) is 9.18 Å². The van der Waals surface area contributed by atoms with E-state index in [1.165, 1.54) is 12.1 Å². The number of H-pyrrole nitrogens is 1. The van der Waals surface area contributed by atoms with Crippen molar-refractivity contribution in [2.24, 2.45) is 11.8 Å². The molecule has 0 spiro atoms. The van der Waals surface area contributed by atoms with Crippen LogP contribution >= 0.6 is 0 Å². The maximum atomic E-state index is 13.3. The van der Waals surface area contributed by atoms with Crippen LogP contribution in [0.15, 0.2) is 29.1 Å². The Hall–Kier alpha value is -1.72. The molecule has 1 unspecified atom stereocenters. The van der Waals surface area contributed by atoms with E-state index in [1.807, 2.05) is 0 Å². The summed E-state index contributed by atoms with van der Waals surface area (Å²) < 4.78 is 18.5. The van der Waals surface area contributed by atoms with Gasteiger partial charge in [0, 0.05) is 42.9 Å². The zero-order chi connectivity index (χ0) is 17.1. The van der Waals surface area contributed by atoms with Crippen LogP contribution in [0, 0.1) is 17.7 Å². The van der Waals surface area contributed by atoms with Gasteiger partial charge in [-0.15, -0.1) is 0 Å². The predicted molar refractivity (Wildman–Crippen MR) is 93.6 cm³/mol. The van der Waals surface area contributed by atoms with Gasteiger partial charge in [0.05, 0.1) is 0 Å². The fourth-order valence-electron chi connectivity index (χ4n) is 3.68. The number of aromatic amines is 1. The number of aromatic nitrogens is 1. The number of nitrogens with zero attached hydrogens (tertiary/aromatic N) is 1. The second-order valence-electron chi connectivity index (χ2n) is 6.89. The van der Waals surface area contributed by atoms with Gasteiger partial charge in [0.25, 0.3) is 0 Å². The second kappa shape index (κ2) is 7.45. The highest BCUT2D eigenvalue weighted by atomic mass is 19.1. The van der Waals surface area contributed by atoms with Gasteiger partial charge in [-0.1, -0.05) is 6.92 Å². The molecule has 1 fully saturated rings. The Kier molecular flexibility index (Phi) is 5.31. The number of hydrogen-bond acceptors (Lipinski definition) is 3. The smallest absolute Gasteiger partial charge is 0.189 e. The molecule has 1 N–H and O–H groups in total. The number of fused-ring (bicyclic) bond motifs is 1. The fraction of sp³-hybridized carbons (Fsp3) is 0.526. The van der Waals surface area contributed by atoms with Crippen LogP contribution in [0.25, 0.3) is 10.9 Å². The minimum Gasteiger partial charge on any atom is -0.384 e. The summed E-state index contributed by atoms with van der Waals surface area (Å²) in [6.45, 7) is 5.86. The van der Waals surface area contributed by atoms with Gasteiger partial charge in [0.1, 0.15) is 5.82 Å². The minimum atomic E-state index is -0.381. The Labute approximate surface area is 141 Å². The van der Waals surface area contributed by atoms with Crippen LogP contribution < -0.4 is 5.43 Å². The Bertz CT molecular complexity index is 751. The minimum absolute atomic E-state index is 0.123. The van der Waals surface area contributed by atoms with Crippen LogP contribution in [0.3, 0.4) is 0 Å². The molecule has 24 heavy (non-hydrogen) atoms. The molecule has 0 aliphatic carbocycles. The number of methoxy groups -OCH3 is 1. The van der Waals surface area contributed by atoms with E-state index < -0.39 is 0 Å². The van der Waals surface area contributed by atoms with Crippen molar-refractivity contribution >= 4 is 10.9 Å². The van der Waals surface area contributed by atoms with Gasteiger partial charge in [-0.3, -0.25) is 9.69 Å². The van der Waals surface area contributed by atoms with Crippen molar-refractivity contribution in [3.8, 4) is 0 Å². The summed E-state index contributed by atoms with van der Waals surface area (Å²) in [5.41, 5.74) is 1.46. The van der Waals surface area contributed by atoms with Crippen LogP contribution in [-0.4, -0.2) is 36.7 Å². The molecule has 1 aliphatic heterocycles. The molecule has 1 saturated heterocycles. The number of hydrogen-bond donors (Lipinski definition) is 1. The lowest BCUT2D eigenvalue weighted by atomic mass is 9.86. The third kappa shape index (κ3) is 3.84. The number of benzene rings is 1. The van der Waals surface area contributed by atoms with Gasteiger partial charge >= 0.3 is 0 Å². The van der Waals surface area contributed by atoms with Crippen LogP contribution in [-0.2, 0) is 11.3 Å². The van der Waals surface area contributed by atoms with Gasteiger partial charge in [-0.05, 0) is 56.0 Å². The maximum absolute atomic E-state index is 13.3. The first-order valence-electron chi connectivity index (χ1n) is 8.59. The van der Waals surface area contributed by atoms with Gasteiger partial charge in [-0.2, -0.15) is 0 Å². The monoisotopic (exact) mass is 332 g/mol. The highest BCUT2D eigenvalue weighted by Crippen LogP contribution is 2.25. The molecule has 130 valence electrons. The number of ether oxygens (including phenoxy) is 1. The normalized spacial score (nSPS) is 18.1. The van der Waals surface area contributed by atoms with E-state index in [-0.39, 0.29) is 11.2 Å². The first kappa shape index (κ1) is 17.1. The topological polar surface area (TPSA) is 45.3 Å². The Balaban J connectivity index is 1.66. The van der Waals surface area contributed by atoms with E-state index in [4.69, 9.17) is 4.74 Å². The molecule has 3 rings (SSSR count). The molecule has 0 amide bonds. The Morgan fingerprint density at radius 2 is 2.08 bits per heavy atom. The van der Waals surface area contributed by atoms with E-state index in [0.717, 1.165) is 44.8 Å². The van der Waals surface area contributed by atoms with Gasteiger partial charge < -0.3 is 9.72 Å². The highest BCUT2D eigenvalue weighted by molar-refractivity contribution is 5.78. The maximum Gasteiger partial charge on any atom is 0.189 e. The predicted octanol–water partition coefficient (Wildman–Crippen LogP) is 3.16. The second-order valence-corrected chi connectivity index (χ2v) is 6.89. The summed E-state index contributed by atoms with van der Waals surface area (Å²) in [7, 11) is 1.76. The standard InChI is InChI=1S/C19H25FN2O2/c1-13(12-24-2)14-5-7-22(8-6-14)11-16-10-19(23)17-9-15(20)3-4-18(17)21-16/h3-4,9-10,13-14H,5-8,11-12H2,1-2H3,(H,21,23). The van der Waals surface area contributed by atoms with Gasteiger partial charge in [0.2, 0.25) is 0 Å². The first-order valence-corrected chi connectivity index (χ1v) is 8.59. The molecule has 4 nitrogen and oxygen atoms in total. The number of likely N-dealkylation sites (tertiary alicyclic amines) is 1.